The fourth-order valence-corrected chi connectivity index (χ4v) is 3.86. The van der Waals surface area contributed by atoms with Gasteiger partial charge in [-0.1, -0.05) is 6.92 Å². The van der Waals surface area contributed by atoms with Crippen LogP contribution in [0.4, 0.5) is 17.1 Å². The van der Waals surface area contributed by atoms with E-state index in [0.29, 0.717) is 17.8 Å². The second-order valence-electron chi connectivity index (χ2n) is 8.66. The van der Waals surface area contributed by atoms with E-state index in [1.165, 1.54) is 36.1 Å². The van der Waals surface area contributed by atoms with Crippen LogP contribution in [-0.2, 0) is 14.4 Å². The number of rotatable bonds is 7. The average molecular weight is 466 g/mol. The highest BCUT2D eigenvalue weighted by atomic mass is 16.6. The quantitative estimate of drug-likeness (QED) is 0.377. The van der Waals surface area contributed by atoms with Crippen molar-refractivity contribution in [2.24, 2.45) is 0 Å². The van der Waals surface area contributed by atoms with E-state index in [1.54, 1.807) is 38.1 Å². The Morgan fingerprint density at radius 1 is 1.12 bits per heavy atom. The fourth-order valence-electron chi connectivity index (χ4n) is 3.86. The van der Waals surface area contributed by atoms with Gasteiger partial charge in [0.2, 0.25) is 11.8 Å². The summed E-state index contributed by atoms with van der Waals surface area (Å²) in [4.78, 5) is 63.9. The third kappa shape index (κ3) is 4.80. The lowest BCUT2D eigenvalue weighted by Crippen LogP contribution is -2.55. The highest BCUT2D eigenvalue weighted by Crippen LogP contribution is 2.33. The second kappa shape index (κ2) is 9.42. The summed E-state index contributed by atoms with van der Waals surface area (Å²) in [6, 6.07) is 10.4. The minimum Gasteiger partial charge on any atom is -0.326 e. The number of amides is 4. The van der Waals surface area contributed by atoms with Crippen LogP contribution in [0.1, 0.15) is 50.9 Å². The van der Waals surface area contributed by atoms with Crippen molar-refractivity contribution in [2.45, 2.75) is 52.1 Å². The highest BCUT2D eigenvalue weighted by molar-refractivity contribution is 6.23. The predicted octanol–water partition coefficient (Wildman–Crippen LogP) is 3.52. The summed E-state index contributed by atoms with van der Waals surface area (Å²) in [6.45, 7) is 6.85. The van der Waals surface area contributed by atoms with Crippen LogP contribution in [0.25, 0.3) is 0 Å². The van der Waals surface area contributed by atoms with Crippen molar-refractivity contribution >= 4 is 40.7 Å². The molecule has 10 heteroatoms. The van der Waals surface area contributed by atoms with Crippen molar-refractivity contribution in [3.05, 3.63) is 64.2 Å². The van der Waals surface area contributed by atoms with Crippen LogP contribution in [-0.4, -0.2) is 45.0 Å². The zero-order chi connectivity index (χ0) is 25.2. The highest BCUT2D eigenvalue weighted by Gasteiger charge is 2.48. The Bertz CT molecular complexity index is 1140. The molecule has 10 nitrogen and oxygen atoms in total. The van der Waals surface area contributed by atoms with Gasteiger partial charge in [-0.3, -0.25) is 29.3 Å². The number of nitrogens with one attached hydrogen (secondary N) is 1. The molecule has 34 heavy (non-hydrogen) atoms. The van der Waals surface area contributed by atoms with Gasteiger partial charge in [0.1, 0.15) is 6.04 Å². The van der Waals surface area contributed by atoms with Crippen LogP contribution in [0.15, 0.2) is 48.5 Å². The molecule has 0 radical (unpaired) electrons. The Labute approximate surface area is 196 Å². The van der Waals surface area contributed by atoms with Crippen molar-refractivity contribution in [1.29, 1.82) is 0 Å². The number of hydrogen-bond acceptors (Lipinski definition) is 6. The smallest absolute Gasteiger partial charge is 0.269 e. The molecule has 3 rings (SSSR count). The molecule has 1 saturated heterocycles. The van der Waals surface area contributed by atoms with Crippen LogP contribution < -0.4 is 10.2 Å². The number of benzene rings is 2. The Hall–Kier alpha value is -4.08. The summed E-state index contributed by atoms with van der Waals surface area (Å²) in [7, 11) is 0. The molecule has 178 valence electrons. The number of nitro benzene ring substituents is 1. The standard InChI is InChI=1S/C24H26N4O6/c1-5-24(3,4)27(22(31)16-6-10-19(11-7-16)28(33)34)20-14-21(30)26(23(20)32)18-12-8-17(9-13-18)25-15(2)29/h6-13,20H,5,14H2,1-4H3,(H,25,29). The minimum absolute atomic E-state index is 0.154. The molecule has 1 aliphatic rings. The van der Waals surface area contributed by atoms with Gasteiger partial charge in [-0.05, 0) is 56.7 Å². The fraction of sp³-hybridized carbons (Fsp3) is 0.333. The molecular formula is C24H26N4O6. The normalized spacial score (nSPS) is 15.9. The summed E-state index contributed by atoms with van der Waals surface area (Å²) in [5.41, 5.74) is 0.118. The molecule has 2 aromatic carbocycles. The number of carbonyl (C=O) groups excluding carboxylic acids is 4. The van der Waals surface area contributed by atoms with Crippen LogP contribution >= 0.6 is 0 Å². The Kier molecular flexibility index (Phi) is 6.80. The molecule has 0 saturated carbocycles. The minimum atomic E-state index is -1.03. The maximum atomic E-state index is 13.5. The number of nitrogens with zero attached hydrogens (tertiary/aromatic N) is 3. The van der Waals surface area contributed by atoms with E-state index in [9.17, 15) is 29.3 Å². The van der Waals surface area contributed by atoms with E-state index in [2.05, 4.69) is 5.32 Å². The molecular weight excluding hydrogens is 440 g/mol. The van der Waals surface area contributed by atoms with E-state index in [-0.39, 0.29) is 23.6 Å². The van der Waals surface area contributed by atoms with Gasteiger partial charge in [0.25, 0.3) is 17.5 Å². The summed E-state index contributed by atoms with van der Waals surface area (Å²) >= 11 is 0. The van der Waals surface area contributed by atoms with Gasteiger partial charge >= 0.3 is 0 Å². The third-order valence-electron chi connectivity index (χ3n) is 5.94. The first-order chi connectivity index (χ1) is 16.0. The van der Waals surface area contributed by atoms with Crippen LogP contribution in [0.2, 0.25) is 0 Å². The maximum absolute atomic E-state index is 13.5. The molecule has 2 aromatic rings. The molecule has 0 aromatic heterocycles. The van der Waals surface area contributed by atoms with E-state index < -0.39 is 34.2 Å². The number of nitro groups is 1. The number of carbonyl (C=O) groups is 4. The lowest BCUT2D eigenvalue weighted by atomic mass is 9.94. The number of non-ortho nitro benzene ring substituents is 1. The van der Waals surface area contributed by atoms with E-state index in [1.807, 2.05) is 6.92 Å². The zero-order valence-corrected chi connectivity index (χ0v) is 19.4. The number of hydrogen-bond donors (Lipinski definition) is 1. The lowest BCUT2D eigenvalue weighted by Gasteiger charge is -2.41. The first-order valence-corrected chi connectivity index (χ1v) is 10.8. The number of anilines is 2. The Morgan fingerprint density at radius 2 is 1.71 bits per heavy atom. The van der Waals surface area contributed by atoms with Gasteiger partial charge in [-0.25, -0.2) is 4.90 Å². The van der Waals surface area contributed by atoms with Gasteiger partial charge < -0.3 is 10.2 Å². The van der Waals surface area contributed by atoms with Crippen LogP contribution in [0, 0.1) is 10.1 Å². The molecule has 1 atom stereocenters. The molecule has 0 aliphatic carbocycles. The second-order valence-corrected chi connectivity index (χ2v) is 8.66. The summed E-state index contributed by atoms with van der Waals surface area (Å²) < 4.78 is 0. The van der Waals surface area contributed by atoms with Crippen molar-refractivity contribution in [1.82, 2.24) is 4.90 Å². The van der Waals surface area contributed by atoms with Gasteiger partial charge in [0, 0.05) is 35.8 Å². The Balaban J connectivity index is 1.94. The van der Waals surface area contributed by atoms with Gasteiger partial charge in [-0.15, -0.1) is 0 Å². The monoisotopic (exact) mass is 466 g/mol. The zero-order valence-electron chi connectivity index (χ0n) is 19.4. The van der Waals surface area contributed by atoms with Crippen molar-refractivity contribution in [3.63, 3.8) is 0 Å². The summed E-state index contributed by atoms with van der Waals surface area (Å²) in [5.74, 6) is -1.72. The molecule has 0 bridgehead atoms. The van der Waals surface area contributed by atoms with E-state index in [4.69, 9.17) is 0 Å². The SMILES string of the molecule is CCC(C)(C)N(C(=O)c1ccc([N+](=O)[O-])cc1)C1CC(=O)N(c2ccc(NC(C)=O)cc2)C1=O. The van der Waals surface area contributed by atoms with Crippen LogP contribution in [0.3, 0.4) is 0 Å². The molecule has 0 spiro atoms. The number of imide groups is 1. The molecule has 4 amide bonds. The van der Waals surface area contributed by atoms with E-state index in [0.717, 1.165) is 4.90 Å². The third-order valence-corrected chi connectivity index (χ3v) is 5.94. The first kappa shape index (κ1) is 24.6. The van der Waals surface area contributed by atoms with Gasteiger partial charge in [0.15, 0.2) is 0 Å². The van der Waals surface area contributed by atoms with Crippen molar-refractivity contribution < 1.29 is 24.1 Å². The van der Waals surface area contributed by atoms with Crippen LogP contribution in [0.5, 0.6) is 0 Å². The van der Waals surface area contributed by atoms with Gasteiger partial charge in [-0.2, -0.15) is 0 Å². The summed E-state index contributed by atoms with van der Waals surface area (Å²) in [6.07, 6.45) is 0.323. The largest absolute Gasteiger partial charge is 0.326 e. The Morgan fingerprint density at radius 3 is 2.21 bits per heavy atom. The molecule has 1 N–H and O–H groups in total. The molecule has 1 fully saturated rings. The topological polar surface area (TPSA) is 130 Å². The predicted molar refractivity (Wildman–Crippen MR) is 125 cm³/mol. The van der Waals surface area contributed by atoms with Crippen molar-refractivity contribution in [2.75, 3.05) is 10.2 Å². The van der Waals surface area contributed by atoms with Gasteiger partial charge in [0.05, 0.1) is 17.0 Å². The average Bonchev–Trinajstić information content (AvgIpc) is 3.07. The maximum Gasteiger partial charge on any atom is 0.269 e. The molecule has 1 unspecified atom stereocenters. The first-order valence-electron chi connectivity index (χ1n) is 10.8. The van der Waals surface area contributed by atoms with E-state index >= 15 is 0 Å². The summed E-state index contributed by atoms with van der Waals surface area (Å²) in [5, 5.41) is 13.6. The molecule has 1 aliphatic heterocycles. The molecule has 1 heterocycles. The van der Waals surface area contributed by atoms with Crippen molar-refractivity contribution in [3.8, 4) is 0 Å². The lowest BCUT2D eigenvalue weighted by molar-refractivity contribution is -0.384.